The van der Waals surface area contributed by atoms with Gasteiger partial charge in [0.25, 0.3) is 5.91 Å². The van der Waals surface area contributed by atoms with Crippen LogP contribution in [0.4, 0.5) is 23.0 Å². The highest BCUT2D eigenvalue weighted by atomic mass is 35.5. The predicted molar refractivity (Wildman–Crippen MR) is 108 cm³/mol. The molecule has 0 spiro atoms. The van der Waals surface area contributed by atoms with Crippen LogP contribution in [0.25, 0.3) is 0 Å². The third kappa shape index (κ3) is 3.55. The minimum absolute atomic E-state index is 0.121. The van der Waals surface area contributed by atoms with E-state index in [0.717, 1.165) is 17.7 Å². The topological polar surface area (TPSA) is 113 Å². The van der Waals surface area contributed by atoms with Gasteiger partial charge in [-0.2, -0.15) is 0 Å². The highest BCUT2D eigenvalue weighted by molar-refractivity contribution is 6.33. The van der Waals surface area contributed by atoms with Crippen molar-refractivity contribution < 1.29 is 9.72 Å². The average molecular weight is 411 g/mol. The standard InChI is InChI=1S/C19H15ClN6O3/c20-14-7-3-2-6-13(14)19(27)24-23-17-16(26(28)29)18(22-11-21-17)25-10-9-12-5-1-4-8-15(12)25/h1-8,11H,9-10H2,(H,24,27)(H,21,22,23). The summed E-state index contributed by atoms with van der Waals surface area (Å²) in [6, 6.07) is 14.1. The van der Waals surface area contributed by atoms with Crippen LogP contribution >= 0.6 is 11.6 Å². The molecule has 0 saturated heterocycles. The lowest BCUT2D eigenvalue weighted by atomic mass is 10.2. The second-order valence-electron chi connectivity index (χ2n) is 6.24. The zero-order valence-corrected chi connectivity index (χ0v) is 15.8. The second-order valence-corrected chi connectivity index (χ2v) is 6.65. The molecule has 29 heavy (non-hydrogen) atoms. The van der Waals surface area contributed by atoms with Crippen LogP contribution in [-0.4, -0.2) is 27.3 Å². The number of para-hydroxylation sites is 1. The molecule has 9 nitrogen and oxygen atoms in total. The molecule has 0 fully saturated rings. The third-order valence-electron chi connectivity index (χ3n) is 4.54. The van der Waals surface area contributed by atoms with Crippen molar-refractivity contribution in [2.75, 3.05) is 16.9 Å². The first kappa shape index (κ1) is 18.6. The molecule has 1 aliphatic heterocycles. The number of amides is 1. The van der Waals surface area contributed by atoms with Crippen LogP contribution < -0.4 is 15.8 Å². The first-order valence-electron chi connectivity index (χ1n) is 8.72. The van der Waals surface area contributed by atoms with Gasteiger partial charge in [-0.15, -0.1) is 0 Å². The van der Waals surface area contributed by atoms with Gasteiger partial charge < -0.3 is 4.90 Å². The molecule has 0 saturated carbocycles. The number of nitrogens with zero attached hydrogens (tertiary/aromatic N) is 4. The van der Waals surface area contributed by atoms with E-state index < -0.39 is 10.8 Å². The van der Waals surface area contributed by atoms with Crippen molar-refractivity contribution in [2.45, 2.75) is 6.42 Å². The Morgan fingerprint density at radius 2 is 1.90 bits per heavy atom. The summed E-state index contributed by atoms with van der Waals surface area (Å²) in [6.45, 7) is 0.558. The zero-order chi connectivity index (χ0) is 20.4. The molecular formula is C19H15ClN6O3. The Morgan fingerprint density at radius 3 is 2.69 bits per heavy atom. The van der Waals surface area contributed by atoms with Gasteiger partial charge in [-0.3, -0.25) is 25.8 Å². The summed E-state index contributed by atoms with van der Waals surface area (Å²) in [7, 11) is 0. The highest BCUT2D eigenvalue weighted by Crippen LogP contribution is 2.39. The third-order valence-corrected chi connectivity index (χ3v) is 4.87. The smallest absolute Gasteiger partial charge is 0.320 e. The van der Waals surface area contributed by atoms with Gasteiger partial charge in [0.1, 0.15) is 6.33 Å². The molecule has 2 aromatic carbocycles. The Kier molecular flexibility index (Phi) is 4.96. The number of halogens is 1. The number of nitrogens with one attached hydrogen (secondary N) is 2. The maximum absolute atomic E-state index is 12.3. The number of carbonyl (C=O) groups excluding carboxylic acids is 1. The monoisotopic (exact) mass is 410 g/mol. The summed E-state index contributed by atoms with van der Waals surface area (Å²) < 4.78 is 0. The second kappa shape index (κ2) is 7.72. The van der Waals surface area contributed by atoms with Gasteiger partial charge in [-0.05, 0) is 30.2 Å². The first-order chi connectivity index (χ1) is 14.1. The number of hydrazine groups is 1. The fourth-order valence-electron chi connectivity index (χ4n) is 3.21. The Labute approximate surface area is 170 Å². The lowest BCUT2D eigenvalue weighted by molar-refractivity contribution is -0.383. The van der Waals surface area contributed by atoms with E-state index >= 15 is 0 Å². The van der Waals surface area contributed by atoms with Crippen LogP contribution in [0.2, 0.25) is 5.02 Å². The van der Waals surface area contributed by atoms with E-state index in [0.29, 0.717) is 6.54 Å². The fraction of sp³-hybridized carbons (Fsp3) is 0.105. The Balaban J connectivity index is 1.64. The SMILES string of the molecule is O=C(NNc1ncnc(N2CCc3ccccc32)c1[N+](=O)[O-])c1ccccc1Cl. The molecule has 146 valence electrons. The molecule has 0 unspecified atom stereocenters. The van der Waals surface area contributed by atoms with Crippen LogP contribution in [0.15, 0.2) is 54.9 Å². The summed E-state index contributed by atoms with van der Waals surface area (Å²) in [5.41, 5.74) is 6.78. The minimum Gasteiger partial charge on any atom is -0.320 e. The maximum Gasteiger partial charge on any atom is 0.355 e. The normalized spacial score (nSPS) is 12.4. The number of benzene rings is 2. The van der Waals surface area contributed by atoms with Gasteiger partial charge in [-0.1, -0.05) is 41.9 Å². The summed E-state index contributed by atoms with van der Waals surface area (Å²) in [5, 5.41) is 12.1. The molecule has 3 aromatic rings. The number of fused-ring (bicyclic) bond motifs is 1. The molecule has 1 aliphatic rings. The van der Waals surface area contributed by atoms with Crippen LogP contribution in [0.3, 0.4) is 0 Å². The van der Waals surface area contributed by atoms with Crippen LogP contribution in [-0.2, 0) is 6.42 Å². The van der Waals surface area contributed by atoms with Crippen molar-refractivity contribution in [3.05, 3.63) is 81.1 Å². The number of hydrogen-bond acceptors (Lipinski definition) is 7. The van der Waals surface area contributed by atoms with E-state index in [1.165, 1.54) is 6.33 Å². The van der Waals surface area contributed by atoms with Gasteiger partial charge >= 0.3 is 5.69 Å². The van der Waals surface area contributed by atoms with Crippen molar-refractivity contribution in [3.63, 3.8) is 0 Å². The van der Waals surface area contributed by atoms with Crippen molar-refractivity contribution in [1.82, 2.24) is 15.4 Å². The van der Waals surface area contributed by atoms with E-state index in [-0.39, 0.29) is 27.9 Å². The van der Waals surface area contributed by atoms with E-state index in [2.05, 4.69) is 20.8 Å². The van der Waals surface area contributed by atoms with Crippen molar-refractivity contribution >= 4 is 40.5 Å². The van der Waals surface area contributed by atoms with Crippen molar-refractivity contribution in [3.8, 4) is 0 Å². The number of carbonyl (C=O) groups is 1. The molecule has 4 rings (SSSR count). The lowest BCUT2D eigenvalue weighted by Crippen LogP contribution is -2.31. The summed E-state index contributed by atoms with van der Waals surface area (Å²) in [6.07, 6.45) is 1.97. The summed E-state index contributed by atoms with van der Waals surface area (Å²) in [4.78, 5) is 33.4. The Morgan fingerprint density at radius 1 is 1.14 bits per heavy atom. The zero-order valence-electron chi connectivity index (χ0n) is 15.0. The lowest BCUT2D eigenvalue weighted by Gasteiger charge is -2.19. The van der Waals surface area contributed by atoms with Gasteiger partial charge in [0.15, 0.2) is 0 Å². The molecule has 0 aliphatic carbocycles. The summed E-state index contributed by atoms with van der Waals surface area (Å²) in [5.74, 6) is -0.509. The fourth-order valence-corrected chi connectivity index (χ4v) is 3.44. The number of rotatable bonds is 5. The molecule has 10 heteroatoms. The maximum atomic E-state index is 12.3. The van der Waals surface area contributed by atoms with Crippen LogP contribution in [0.5, 0.6) is 0 Å². The largest absolute Gasteiger partial charge is 0.355 e. The number of hydrogen-bond donors (Lipinski definition) is 2. The van der Waals surface area contributed by atoms with E-state index in [4.69, 9.17) is 11.6 Å². The van der Waals surface area contributed by atoms with Crippen molar-refractivity contribution in [1.29, 1.82) is 0 Å². The van der Waals surface area contributed by atoms with E-state index in [9.17, 15) is 14.9 Å². The van der Waals surface area contributed by atoms with Crippen molar-refractivity contribution in [2.24, 2.45) is 0 Å². The molecule has 0 radical (unpaired) electrons. The molecule has 0 atom stereocenters. The van der Waals surface area contributed by atoms with Gasteiger partial charge in [-0.25, -0.2) is 9.97 Å². The average Bonchev–Trinajstić information content (AvgIpc) is 3.16. The Hall–Kier alpha value is -3.72. The molecule has 2 N–H and O–H groups in total. The molecule has 0 bridgehead atoms. The molecular weight excluding hydrogens is 396 g/mol. The quantitative estimate of drug-likeness (QED) is 0.488. The van der Waals surface area contributed by atoms with Gasteiger partial charge in [0, 0.05) is 12.2 Å². The molecule has 1 aromatic heterocycles. The highest BCUT2D eigenvalue weighted by Gasteiger charge is 2.31. The molecule has 2 heterocycles. The van der Waals surface area contributed by atoms with Gasteiger partial charge in [0.2, 0.25) is 11.6 Å². The predicted octanol–water partition coefficient (Wildman–Crippen LogP) is 3.49. The van der Waals surface area contributed by atoms with Gasteiger partial charge in [0.05, 0.1) is 15.5 Å². The first-order valence-corrected chi connectivity index (χ1v) is 9.10. The number of anilines is 3. The van der Waals surface area contributed by atoms with E-state index in [1.807, 2.05) is 24.3 Å². The number of nitro groups is 1. The molecule has 1 amide bonds. The van der Waals surface area contributed by atoms with Crippen LogP contribution in [0, 0.1) is 10.1 Å². The van der Waals surface area contributed by atoms with E-state index in [1.54, 1.807) is 29.2 Å². The minimum atomic E-state index is -0.569. The van der Waals surface area contributed by atoms with Crippen LogP contribution in [0.1, 0.15) is 15.9 Å². The summed E-state index contributed by atoms with van der Waals surface area (Å²) >= 11 is 6.01. The Bertz CT molecular complexity index is 1110. The number of aromatic nitrogens is 2.